The maximum atomic E-state index is 13.5. The molecule has 0 bridgehead atoms. The molecule has 0 N–H and O–H groups in total. The zero-order chi connectivity index (χ0) is 24.8. The van der Waals surface area contributed by atoms with Crippen LogP contribution in [0.2, 0.25) is 5.02 Å². The molecule has 8 heteroatoms. The molecule has 3 aromatic rings. The zero-order valence-electron chi connectivity index (χ0n) is 19.7. The summed E-state index contributed by atoms with van der Waals surface area (Å²) in [5.74, 6) is 0.629. The highest BCUT2D eigenvalue weighted by Gasteiger charge is 2.41. The van der Waals surface area contributed by atoms with Gasteiger partial charge in [-0.25, -0.2) is 0 Å². The normalized spacial score (nSPS) is 17.4. The molecule has 5 nitrogen and oxygen atoms in total. The van der Waals surface area contributed by atoms with Gasteiger partial charge in [-0.1, -0.05) is 70.0 Å². The number of methoxy groups -OCH3 is 1. The van der Waals surface area contributed by atoms with Gasteiger partial charge in [0, 0.05) is 22.4 Å². The Bertz CT molecular complexity index is 1180. The van der Waals surface area contributed by atoms with Crippen molar-refractivity contribution in [2.24, 2.45) is 5.10 Å². The van der Waals surface area contributed by atoms with E-state index in [0.29, 0.717) is 23.9 Å². The van der Waals surface area contributed by atoms with E-state index in [0.717, 1.165) is 27.0 Å². The number of anilines is 1. The van der Waals surface area contributed by atoms with Crippen molar-refractivity contribution in [2.75, 3.05) is 36.9 Å². The van der Waals surface area contributed by atoms with Crippen LogP contribution in [0, 0.1) is 0 Å². The lowest BCUT2D eigenvalue weighted by molar-refractivity contribution is -0.118. The topological polar surface area (TPSA) is 45.1 Å². The van der Waals surface area contributed by atoms with Crippen LogP contribution in [0.15, 0.2) is 88.4 Å². The van der Waals surface area contributed by atoms with Gasteiger partial charge in [-0.05, 0) is 66.4 Å². The van der Waals surface area contributed by atoms with Crippen LogP contribution in [0.5, 0.6) is 0 Å². The highest BCUT2D eigenvalue weighted by atomic mass is 79.9. The predicted molar refractivity (Wildman–Crippen MR) is 149 cm³/mol. The van der Waals surface area contributed by atoms with Crippen molar-refractivity contribution in [1.82, 2.24) is 5.01 Å². The minimum Gasteiger partial charge on any atom is -0.384 e. The Hall–Kier alpha value is -2.32. The van der Waals surface area contributed by atoms with Crippen molar-refractivity contribution in [3.8, 4) is 0 Å². The van der Waals surface area contributed by atoms with Crippen LogP contribution in [0.3, 0.4) is 0 Å². The largest absolute Gasteiger partial charge is 0.384 e. The molecular weight excluding hydrogens is 546 g/mol. The number of amides is 1. The van der Waals surface area contributed by atoms with Crippen LogP contribution in [-0.2, 0) is 14.9 Å². The van der Waals surface area contributed by atoms with Gasteiger partial charge in [0.15, 0.2) is 0 Å². The van der Waals surface area contributed by atoms with E-state index < -0.39 is 0 Å². The third kappa shape index (κ3) is 6.09. The van der Waals surface area contributed by atoms with Crippen LogP contribution in [0.1, 0.15) is 18.1 Å². The number of hydrazone groups is 1. The summed E-state index contributed by atoms with van der Waals surface area (Å²) in [5, 5.41) is 7.52. The first kappa shape index (κ1) is 25.8. The molecule has 1 amide bonds. The second-order valence-corrected chi connectivity index (χ2v) is 10.9. The van der Waals surface area contributed by atoms with Gasteiger partial charge in [-0.3, -0.25) is 14.1 Å². The predicted octanol–water partition coefficient (Wildman–Crippen LogP) is 6.41. The maximum absolute atomic E-state index is 13.5. The van der Waals surface area contributed by atoms with Crippen molar-refractivity contribution in [1.29, 1.82) is 0 Å². The summed E-state index contributed by atoms with van der Waals surface area (Å²) in [7, 11) is 1.66. The number of halogens is 2. The summed E-state index contributed by atoms with van der Waals surface area (Å²) < 4.78 is 7.90. The summed E-state index contributed by atoms with van der Waals surface area (Å²) in [4.78, 5) is 13.5. The molecule has 0 fully saturated rings. The summed E-state index contributed by atoms with van der Waals surface area (Å²) in [5.41, 5.74) is 3.53. The molecule has 35 heavy (non-hydrogen) atoms. The van der Waals surface area contributed by atoms with Crippen LogP contribution in [0.4, 0.5) is 5.69 Å². The summed E-state index contributed by atoms with van der Waals surface area (Å²) >= 11 is 11.1. The first-order valence-electron chi connectivity index (χ1n) is 11.3. The molecule has 0 saturated heterocycles. The number of rotatable bonds is 9. The molecule has 0 radical (unpaired) electrons. The van der Waals surface area contributed by atoms with E-state index in [-0.39, 0.29) is 17.9 Å². The molecule has 3 aromatic carbocycles. The Labute approximate surface area is 224 Å². The SMILES string of the molecule is COCCSN(C(=O)CN1CC(C)(c2ccccc2)C(c2ccc(Cl)cc2)=N1)c1ccc(Br)cc1. The number of ether oxygens (including phenoxy) is 1. The second-order valence-electron chi connectivity index (χ2n) is 8.47. The highest BCUT2D eigenvalue weighted by molar-refractivity contribution is 9.10. The Morgan fingerprint density at radius 3 is 2.46 bits per heavy atom. The van der Waals surface area contributed by atoms with Crippen LogP contribution in [0.25, 0.3) is 0 Å². The van der Waals surface area contributed by atoms with Gasteiger partial charge in [-0.2, -0.15) is 5.10 Å². The Morgan fingerprint density at radius 1 is 1.11 bits per heavy atom. The molecule has 1 aliphatic heterocycles. The lowest BCUT2D eigenvalue weighted by Gasteiger charge is -2.28. The van der Waals surface area contributed by atoms with Gasteiger partial charge in [0.2, 0.25) is 0 Å². The fourth-order valence-electron chi connectivity index (χ4n) is 4.14. The van der Waals surface area contributed by atoms with E-state index in [4.69, 9.17) is 21.4 Å². The van der Waals surface area contributed by atoms with Gasteiger partial charge in [-0.15, -0.1) is 0 Å². The fourth-order valence-corrected chi connectivity index (χ4v) is 5.42. The molecule has 1 atom stereocenters. The van der Waals surface area contributed by atoms with Crippen molar-refractivity contribution in [3.63, 3.8) is 0 Å². The zero-order valence-corrected chi connectivity index (χ0v) is 22.8. The summed E-state index contributed by atoms with van der Waals surface area (Å²) in [6, 6.07) is 25.8. The quantitative estimate of drug-likeness (QED) is 0.220. The molecule has 0 saturated carbocycles. The Balaban J connectivity index is 1.62. The number of benzene rings is 3. The monoisotopic (exact) mass is 571 g/mol. The van der Waals surface area contributed by atoms with E-state index in [9.17, 15) is 4.79 Å². The van der Waals surface area contributed by atoms with Crippen LogP contribution >= 0.6 is 39.5 Å². The smallest absolute Gasteiger partial charge is 0.258 e. The highest BCUT2D eigenvalue weighted by Crippen LogP contribution is 2.35. The van der Waals surface area contributed by atoms with Crippen molar-refractivity contribution >= 4 is 56.8 Å². The molecule has 0 aliphatic carbocycles. The van der Waals surface area contributed by atoms with E-state index in [1.807, 2.05) is 71.7 Å². The summed E-state index contributed by atoms with van der Waals surface area (Å²) in [6.45, 7) is 3.49. The van der Waals surface area contributed by atoms with Gasteiger partial charge in [0.25, 0.3) is 5.91 Å². The van der Waals surface area contributed by atoms with Crippen molar-refractivity contribution in [2.45, 2.75) is 12.3 Å². The van der Waals surface area contributed by atoms with E-state index >= 15 is 0 Å². The number of carbonyl (C=O) groups is 1. The van der Waals surface area contributed by atoms with E-state index in [2.05, 4.69) is 35.0 Å². The van der Waals surface area contributed by atoms with Gasteiger partial charge < -0.3 is 4.74 Å². The van der Waals surface area contributed by atoms with Gasteiger partial charge in [0.05, 0.1) is 30.0 Å². The van der Waals surface area contributed by atoms with Crippen LogP contribution in [-0.4, -0.2) is 49.2 Å². The molecule has 1 heterocycles. The first-order chi connectivity index (χ1) is 16.9. The molecule has 182 valence electrons. The summed E-state index contributed by atoms with van der Waals surface area (Å²) in [6.07, 6.45) is 0. The lowest BCUT2D eigenvalue weighted by atomic mass is 9.76. The van der Waals surface area contributed by atoms with Crippen molar-refractivity contribution < 1.29 is 9.53 Å². The Kier molecular flexibility index (Phi) is 8.55. The molecule has 1 aliphatic rings. The average Bonchev–Trinajstić information content (AvgIpc) is 3.20. The Morgan fingerprint density at radius 2 is 1.80 bits per heavy atom. The molecule has 0 spiro atoms. The minimum atomic E-state index is -0.374. The van der Waals surface area contributed by atoms with E-state index in [1.54, 1.807) is 11.4 Å². The van der Waals surface area contributed by atoms with E-state index in [1.165, 1.54) is 11.9 Å². The fraction of sp³-hybridized carbons (Fsp3) is 0.259. The molecule has 1 unspecified atom stereocenters. The molecular formula is C27H27BrClN3O2S. The molecule has 4 rings (SSSR count). The van der Waals surface area contributed by atoms with Gasteiger partial charge >= 0.3 is 0 Å². The van der Waals surface area contributed by atoms with Crippen LogP contribution < -0.4 is 4.31 Å². The number of hydrogen-bond acceptors (Lipinski definition) is 5. The second kappa shape index (κ2) is 11.6. The molecule has 0 aromatic heterocycles. The first-order valence-corrected chi connectivity index (χ1v) is 13.4. The third-order valence-electron chi connectivity index (χ3n) is 5.90. The third-order valence-corrected chi connectivity index (χ3v) is 7.71. The number of nitrogens with zero attached hydrogens (tertiary/aromatic N) is 3. The lowest BCUT2D eigenvalue weighted by Crippen LogP contribution is -2.39. The number of carbonyl (C=O) groups excluding carboxylic acids is 1. The van der Waals surface area contributed by atoms with Gasteiger partial charge in [0.1, 0.15) is 6.54 Å². The van der Waals surface area contributed by atoms with Crippen molar-refractivity contribution in [3.05, 3.63) is 99.5 Å². The number of hydrogen-bond donors (Lipinski definition) is 0. The minimum absolute atomic E-state index is 0.0371. The average molecular weight is 573 g/mol. The standard InChI is InChI=1S/C27H27BrClN3O2S/c1-27(21-6-4-3-5-7-21)19-31(30-26(27)20-8-12-23(29)13-9-20)18-25(33)32(35-17-16-34-2)24-14-10-22(28)11-15-24/h3-15H,16-19H2,1-2H3. The maximum Gasteiger partial charge on any atom is 0.258 e.